The van der Waals surface area contributed by atoms with Gasteiger partial charge in [0.1, 0.15) is 0 Å². The van der Waals surface area contributed by atoms with E-state index in [4.69, 9.17) is 13.9 Å². The molecule has 33 heavy (non-hydrogen) atoms. The molecule has 3 rings (SSSR count). The Hall–Kier alpha value is -1.76. The Morgan fingerprint density at radius 1 is 1.03 bits per heavy atom. The highest BCUT2D eigenvalue weighted by atomic mass is 28.4. The van der Waals surface area contributed by atoms with E-state index >= 15 is 0 Å². The number of aliphatic hydroxyl groups excluding tert-OH is 1. The van der Waals surface area contributed by atoms with Crippen molar-refractivity contribution in [3.05, 3.63) is 72.3 Å². The van der Waals surface area contributed by atoms with Gasteiger partial charge in [-0.2, -0.15) is 0 Å². The molecule has 0 unspecified atom stereocenters. The first-order valence-corrected chi connectivity index (χ1v) is 13.9. The number of aliphatic hydroxyl groups is 1. The number of rotatable bonds is 9. The van der Waals surface area contributed by atoms with Crippen LogP contribution in [0.3, 0.4) is 0 Å². The molecular weight excluding hydrogens is 428 g/mol. The molecule has 2 aromatic carbocycles. The molecule has 2 aromatic rings. The van der Waals surface area contributed by atoms with E-state index in [1.165, 1.54) is 10.4 Å². The van der Waals surface area contributed by atoms with E-state index in [0.29, 0.717) is 26.2 Å². The molecule has 0 saturated carbocycles. The fourth-order valence-electron chi connectivity index (χ4n) is 4.83. The topological polar surface area (TPSA) is 47.9 Å². The number of hydrogen-bond acceptors (Lipinski definition) is 4. The SMILES string of the molecule is C/C(=C\[C@@H](C)[C@H](O)CC1(C)OCCO1)CO[Si](c1ccccc1)(c1ccccc1)C(C)(C)C. The molecule has 180 valence electrons. The summed E-state index contributed by atoms with van der Waals surface area (Å²) in [6.07, 6.45) is 2.03. The molecule has 5 heteroatoms. The average Bonchev–Trinajstić information content (AvgIpc) is 3.20. The van der Waals surface area contributed by atoms with Gasteiger partial charge in [-0.15, -0.1) is 0 Å². The minimum absolute atomic E-state index is 0.0302. The molecule has 0 aromatic heterocycles. The van der Waals surface area contributed by atoms with Gasteiger partial charge < -0.3 is 19.0 Å². The third kappa shape index (κ3) is 6.03. The van der Waals surface area contributed by atoms with Gasteiger partial charge in [-0.3, -0.25) is 0 Å². The van der Waals surface area contributed by atoms with Crippen molar-refractivity contribution in [1.29, 1.82) is 0 Å². The second kappa shape index (κ2) is 10.7. The molecule has 2 atom stereocenters. The van der Waals surface area contributed by atoms with Crippen molar-refractivity contribution < 1.29 is 19.0 Å². The van der Waals surface area contributed by atoms with Crippen molar-refractivity contribution in [2.24, 2.45) is 5.92 Å². The summed E-state index contributed by atoms with van der Waals surface area (Å²) in [5.41, 5.74) is 1.12. The Balaban J connectivity index is 1.83. The smallest absolute Gasteiger partial charge is 0.261 e. The third-order valence-corrected chi connectivity index (χ3v) is 11.5. The summed E-state index contributed by atoms with van der Waals surface area (Å²) in [7, 11) is -2.58. The highest BCUT2D eigenvalue weighted by Crippen LogP contribution is 2.37. The fourth-order valence-corrected chi connectivity index (χ4v) is 9.43. The Kier molecular flexibility index (Phi) is 8.35. The van der Waals surface area contributed by atoms with Crippen LogP contribution in [0.5, 0.6) is 0 Å². The molecule has 0 bridgehead atoms. The zero-order valence-electron chi connectivity index (χ0n) is 21.0. The lowest BCUT2D eigenvalue weighted by molar-refractivity contribution is -0.165. The van der Waals surface area contributed by atoms with E-state index in [1.807, 2.05) is 13.8 Å². The van der Waals surface area contributed by atoms with Crippen LogP contribution in [0.25, 0.3) is 0 Å². The van der Waals surface area contributed by atoms with E-state index in [2.05, 4.69) is 94.4 Å². The van der Waals surface area contributed by atoms with Gasteiger partial charge >= 0.3 is 0 Å². The van der Waals surface area contributed by atoms with Gasteiger partial charge in [0.05, 0.1) is 25.9 Å². The fraction of sp³-hybridized carbons (Fsp3) is 0.500. The van der Waals surface area contributed by atoms with Crippen LogP contribution in [0.1, 0.15) is 48.0 Å². The zero-order chi connectivity index (χ0) is 24.1. The number of hydrogen-bond donors (Lipinski definition) is 1. The molecule has 1 saturated heterocycles. The van der Waals surface area contributed by atoms with Crippen LogP contribution in [0, 0.1) is 5.92 Å². The standard InChI is InChI=1S/C28H40O4Si/c1-22(19-23(2)26(29)20-28(6)30-17-18-31-28)21-32-33(27(3,4)5,24-13-9-7-10-14-24)25-15-11-8-12-16-25/h7-16,19,23,26,29H,17-18,20-21H2,1-6H3/b22-19+/t23-,26-/m1/s1. The average molecular weight is 469 g/mol. The van der Waals surface area contributed by atoms with Crippen LogP contribution >= 0.6 is 0 Å². The third-order valence-electron chi connectivity index (χ3n) is 6.57. The first kappa shape index (κ1) is 25.9. The van der Waals surface area contributed by atoms with Gasteiger partial charge in [0.25, 0.3) is 8.32 Å². The van der Waals surface area contributed by atoms with Crippen molar-refractivity contribution in [3.63, 3.8) is 0 Å². The molecule has 0 radical (unpaired) electrons. The predicted molar refractivity (Wildman–Crippen MR) is 137 cm³/mol. The van der Waals surface area contributed by atoms with Crippen molar-refractivity contribution in [3.8, 4) is 0 Å². The van der Waals surface area contributed by atoms with Crippen molar-refractivity contribution in [2.45, 2.75) is 64.9 Å². The second-order valence-corrected chi connectivity index (χ2v) is 14.7. The van der Waals surface area contributed by atoms with Gasteiger partial charge in [-0.1, -0.05) is 100 Å². The molecule has 0 spiro atoms. The van der Waals surface area contributed by atoms with Crippen LogP contribution in [-0.2, 0) is 13.9 Å². The monoisotopic (exact) mass is 468 g/mol. The van der Waals surface area contributed by atoms with E-state index < -0.39 is 20.2 Å². The van der Waals surface area contributed by atoms with Gasteiger partial charge in [-0.05, 0) is 29.3 Å². The van der Waals surface area contributed by atoms with Crippen LogP contribution in [0.2, 0.25) is 5.04 Å². The minimum atomic E-state index is -2.58. The first-order chi connectivity index (χ1) is 15.6. The van der Waals surface area contributed by atoms with Gasteiger partial charge in [0.15, 0.2) is 5.79 Å². The molecule has 0 aliphatic carbocycles. The van der Waals surface area contributed by atoms with Crippen molar-refractivity contribution in [1.82, 2.24) is 0 Å². The van der Waals surface area contributed by atoms with Crippen LogP contribution < -0.4 is 10.4 Å². The Bertz CT molecular complexity index is 859. The molecular formula is C28H40O4Si. The predicted octanol–water partition coefficient (Wildman–Crippen LogP) is 4.66. The molecule has 1 aliphatic rings. The Morgan fingerprint density at radius 2 is 1.52 bits per heavy atom. The molecule has 1 heterocycles. The van der Waals surface area contributed by atoms with Gasteiger partial charge in [0.2, 0.25) is 0 Å². The zero-order valence-corrected chi connectivity index (χ0v) is 22.0. The van der Waals surface area contributed by atoms with Crippen LogP contribution in [0.4, 0.5) is 0 Å². The highest BCUT2D eigenvalue weighted by Gasteiger charge is 2.50. The maximum atomic E-state index is 10.8. The molecule has 0 amide bonds. The lowest BCUT2D eigenvalue weighted by Gasteiger charge is -2.43. The largest absolute Gasteiger partial charge is 0.403 e. The van der Waals surface area contributed by atoms with E-state index in [-0.39, 0.29) is 11.0 Å². The van der Waals surface area contributed by atoms with Crippen LogP contribution in [0.15, 0.2) is 72.3 Å². The van der Waals surface area contributed by atoms with Crippen molar-refractivity contribution in [2.75, 3.05) is 19.8 Å². The summed E-state index contributed by atoms with van der Waals surface area (Å²) < 4.78 is 18.3. The van der Waals surface area contributed by atoms with E-state index in [1.54, 1.807) is 0 Å². The second-order valence-electron chi connectivity index (χ2n) is 10.4. The quantitative estimate of drug-likeness (QED) is 0.430. The van der Waals surface area contributed by atoms with Crippen LogP contribution in [-0.4, -0.2) is 45.1 Å². The summed E-state index contributed by atoms with van der Waals surface area (Å²) in [6, 6.07) is 21.3. The van der Waals surface area contributed by atoms with E-state index in [0.717, 1.165) is 5.57 Å². The highest BCUT2D eigenvalue weighted by molar-refractivity contribution is 6.99. The minimum Gasteiger partial charge on any atom is -0.403 e. The van der Waals surface area contributed by atoms with Crippen molar-refractivity contribution >= 4 is 18.7 Å². The normalized spacial score (nSPS) is 18.8. The summed E-state index contributed by atoms with van der Waals surface area (Å²) in [5.74, 6) is -0.724. The summed E-state index contributed by atoms with van der Waals surface area (Å²) in [5, 5.41) is 13.2. The molecule has 4 nitrogen and oxygen atoms in total. The maximum Gasteiger partial charge on any atom is 0.261 e. The molecule has 1 fully saturated rings. The summed E-state index contributed by atoms with van der Waals surface area (Å²) >= 11 is 0. The number of benzene rings is 2. The summed E-state index contributed by atoms with van der Waals surface area (Å²) in [6.45, 7) is 14.6. The molecule has 1 aliphatic heterocycles. The maximum absolute atomic E-state index is 10.8. The van der Waals surface area contributed by atoms with Gasteiger partial charge in [0, 0.05) is 12.3 Å². The summed E-state index contributed by atoms with van der Waals surface area (Å²) in [4.78, 5) is 0. The Morgan fingerprint density at radius 3 is 1.97 bits per heavy atom. The molecule has 1 N–H and O–H groups in total. The Labute approximate surface area is 200 Å². The van der Waals surface area contributed by atoms with Gasteiger partial charge in [-0.25, -0.2) is 0 Å². The lowest BCUT2D eigenvalue weighted by atomic mass is 9.96. The number of ether oxygens (including phenoxy) is 2. The lowest BCUT2D eigenvalue weighted by Crippen LogP contribution is -2.66. The van der Waals surface area contributed by atoms with E-state index in [9.17, 15) is 5.11 Å². The first-order valence-electron chi connectivity index (χ1n) is 12.0.